The number of amides is 1. The van der Waals surface area contributed by atoms with Gasteiger partial charge in [-0.05, 0) is 30.4 Å². The summed E-state index contributed by atoms with van der Waals surface area (Å²) >= 11 is 0. The topological polar surface area (TPSA) is 79.4 Å². The van der Waals surface area contributed by atoms with E-state index in [1.807, 2.05) is 0 Å². The van der Waals surface area contributed by atoms with E-state index in [1.165, 1.54) is 17.0 Å². The van der Waals surface area contributed by atoms with Gasteiger partial charge in [-0.25, -0.2) is 0 Å². The molecule has 27 heavy (non-hydrogen) atoms. The highest BCUT2D eigenvalue weighted by atomic mass is 19.4. The average Bonchev–Trinajstić information content (AvgIpc) is 2.67. The van der Waals surface area contributed by atoms with Crippen molar-refractivity contribution in [2.24, 2.45) is 5.73 Å². The summed E-state index contributed by atoms with van der Waals surface area (Å²) < 4.78 is 45.0. The maximum atomic E-state index is 13.2. The number of nitrogens with two attached hydrogens (primary N) is 1. The Kier molecular flexibility index (Phi) is 5.55. The lowest BCUT2D eigenvalue weighted by Crippen LogP contribution is -2.43. The van der Waals surface area contributed by atoms with E-state index < -0.39 is 17.6 Å². The number of alkyl halides is 3. The van der Waals surface area contributed by atoms with Crippen molar-refractivity contribution in [3.8, 4) is 0 Å². The molecule has 3 N–H and O–H groups in total. The summed E-state index contributed by atoms with van der Waals surface area (Å²) in [7, 11) is 0. The van der Waals surface area contributed by atoms with Crippen molar-refractivity contribution < 1.29 is 24.1 Å². The average molecular weight is 383 g/mol. The number of piperidine rings is 1. The molecular weight excluding hydrogens is 359 g/mol. The first-order chi connectivity index (χ1) is 12.8. The fraction of sp³-hybridized carbons (Fsp3) is 0.474. The minimum absolute atomic E-state index is 0. The first-order valence-electron chi connectivity index (χ1n) is 8.88. The molecule has 5 nitrogen and oxygen atoms in total. The van der Waals surface area contributed by atoms with Gasteiger partial charge in [0.1, 0.15) is 5.71 Å². The second-order valence-corrected chi connectivity index (χ2v) is 6.83. The molecule has 0 aliphatic carbocycles. The van der Waals surface area contributed by atoms with Crippen LogP contribution in [0.5, 0.6) is 0 Å². The van der Waals surface area contributed by atoms with Crippen molar-refractivity contribution >= 4 is 11.6 Å². The number of likely N-dealkylation sites (tertiary alicyclic amines) is 1. The maximum absolute atomic E-state index is 13.2. The van der Waals surface area contributed by atoms with Crippen LogP contribution < -0.4 is 5.73 Å². The molecule has 8 heteroatoms. The number of benzene rings is 1. The van der Waals surface area contributed by atoms with Gasteiger partial charge < -0.3 is 15.4 Å². The van der Waals surface area contributed by atoms with Gasteiger partial charge in [-0.15, -0.1) is 0 Å². The van der Waals surface area contributed by atoms with Crippen molar-refractivity contribution in [2.45, 2.75) is 31.4 Å². The zero-order valence-electron chi connectivity index (χ0n) is 14.8. The Hall–Kier alpha value is -2.35. The minimum Gasteiger partial charge on any atom is -0.402 e. The van der Waals surface area contributed by atoms with Gasteiger partial charge in [-0.1, -0.05) is 18.2 Å². The lowest BCUT2D eigenvalue weighted by molar-refractivity contribution is -0.138. The van der Waals surface area contributed by atoms with Gasteiger partial charge in [0.25, 0.3) is 5.91 Å². The minimum atomic E-state index is -4.39. The predicted molar refractivity (Wildman–Crippen MR) is 96.5 cm³/mol. The van der Waals surface area contributed by atoms with Gasteiger partial charge in [-0.3, -0.25) is 10.2 Å². The standard InChI is InChI=1S/C19H22F3N3O2.H2/c20-19(21,22)15-4-2-1-3-13(15)12-5-8-25(9-6-12)18(26)17(24)14-11-27-10-7-16(14)23;/h1-4,12,24H,5-11,23H2;1H. The van der Waals surface area contributed by atoms with Crippen molar-refractivity contribution in [1.82, 2.24) is 4.90 Å². The van der Waals surface area contributed by atoms with Crippen LogP contribution in [-0.2, 0) is 15.7 Å². The number of nitrogens with one attached hydrogen (secondary N) is 1. The van der Waals surface area contributed by atoms with Crippen molar-refractivity contribution in [3.63, 3.8) is 0 Å². The molecule has 3 rings (SSSR count). The maximum Gasteiger partial charge on any atom is 0.416 e. The van der Waals surface area contributed by atoms with Crippen LogP contribution >= 0.6 is 0 Å². The molecule has 1 saturated heterocycles. The zero-order valence-corrected chi connectivity index (χ0v) is 14.8. The molecule has 0 aromatic heterocycles. The molecule has 0 unspecified atom stereocenters. The molecule has 0 saturated carbocycles. The van der Waals surface area contributed by atoms with Crippen molar-refractivity contribution in [3.05, 3.63) is 46.7 Å². The Morgan fingerprint density at radius 1 is 1.26 bits per heavy atom. The third-order valence-corrected chi connectivity index (χ3v) is 5.15. The summed E-state index contributed by atoms with van der Waals surface area (Å²) in [4.78, 5) is 14.1. The smallest absolute Gasteiger partial charge is 0.402 e. The van der Waals surface area contributed by atoms with Crippen LogP contribution in [0.15, 0.2) is 35.5 Å². The van der Waals surface area contributed by atoms with Crippen molar-refractivity contribution in [2.75, 3.05) is 26.3 Å². The second kappa shape index (κ2) is 7.72. The number of carbonyl (C=O) groups excluding carboxylic acids is 1. The molecule has 2 heterocycles. The van der Waals surface area contributed by atoms with Gasteiger partial charge >= 0.3 is 6.18 Å². The van der Waals surface area contributed by atoms with Crippen LogP contribution in [0.4, 0.5) is 13.2 Å². The first-order valence-corrected chi connectivity index (χ1v) is 8.88. The Morgan fingerprint density at radius 3 is 2.56 bits per heavy atom. The summed E-state index contributed by atoms with van der Waals surface area (Å²) in [6.45, 7) is 1.24. The number of ether oxygens (including phenoxy) is 1. The Bertz CT molecular complexity index is 772. The summed E-state index contributed by atoms with van der Waals surface area (Å²) in [5.74, 6) is -0.704. The molecule has 1 amide bonds. The summed E-state index contributed by atoms with van der Waals surface area (Å²) in [6.07, 6.45) is -3.05. The van der Waals surface area contributed by atoms with E-state index in [2.05, 4.69) is 0 Å². The Balaban J connectivity index is 0.00000280. The van der Waals surface area contributed by atoms with Gasteiger partial charge in [-0.2, -0.15) is 13.2 Å². The molecule has 0 spiro atoms. The highest BCUT2D eigenvalue weighted by Gasteiger charge is 2.36. The quantitative estimate of drug-likeness (QED) is 0.786. The lowest BCUT2D eigenvalue weighted by atomic mass is 9.86. The van der Waals surface area contributed by atoms with Gasteiger partial charge in [0.15, 0.2) is 0 Å². The molecular formula is C19H24F3N3O2. The normalized spacial score (nSPS) is 19.3. The number of halogens is 3. The SMILES string of the molecule is N=C(C(=O)N1CCC(c2ccccc2C(F)(F)F)CC1)C1=C(N)CCOC1.[HH]. The second-order valence-electron chi connectivity index (χ2n) is 6.83. The van der Waals surface area contributed by atoms with Crippen molar-refractivity contribution in [1.29, 1.82) is 5.41 Å². The van der Waals surface area contributed by atoms with E-state index >= 15 is 0 Å². The monoisotopic (exact) mass is 383 g/mol. The van der Waals surface area contributed by atoms with Crippen LogP contribution in [0.25, 0.3) is 0 Å². The number of hydrogen-bond acceptors (Lipinski definition) is 4. The van der Waals surface area contributed by atoms with Crippen LogP contribution in [0, 0.1) is 5.41 Å². The highest BCUT2D eigenvalue weighted by molar-refractivity contribution is 6.44. The number of carbonyl (C=O) groups is 1. The number of nitrogens with zero attached hydrogens (tertiary/aromatic N) is 1. The Labute approximate surface area is 157 Å². The van der Waals surface area contributed by atoms with E-state index in [9.17, 15) is 18.0 Å². The van der Waals surface area contributed by atoms with Crippen LogP contribution in [-0.4, -0.2) is 42.8 Å². The fourth-order valence-electron chi connectivity index (χ4n) is 3.62. The fourth-order valence-corrected chi connectivity index (χ4v) is 3.62. The van der Waals surface area contributed by atoms with Crippen LogP contribution in [0.3, 0.4) is 0 Å². The highest BCUT2D eigenvalue weighted by Crippen LogP contribution is 2.38. The molecule has 2 aliphatic heterocycles. The van der Waals surface area contributed by atoms with Crippen LogP contribution in [0.2, 0.25) is 0 Å². The summed E-state index contributed by atoms with van der Waals surface area (Å²) in [5.41, 5.74) is 6.28. The number of hydrogen-bond donors (Lipinski definition) is 2. The van der Waals surface area contributed by atoms with E-state index in [0.29, 0.717) is 50.2 Å². The third-order valence-electron chi connectivity index (χ3n) is 5.15. The molecule has 0 atom stereocenters. The molecule has 1 aromatic rings. The van der Waals surface area contributed by atoms with Gasteiger partial charge in [0.2, 0.25) is 0 Å². The lowest BCUT2D eigenvalue weighted by Gasteiger charge is -2.33. The summed E-state index contributed by atoms with van der Waals surface area (Å²) in [6, 6.07) is 5.60. The molecule has 1 aromatic carbocycles. The molecule has 148 valence electrons. The van der Waals surface area contributed by atoms with E-state index in [0.717, 1.165) is 6.07 Å². The number of rotatable bonds is 3. The van der Waals surface area contributed by atoms with Gasteiger partial charge in [0, 0.05) is 32.2 Å². The predicted octanol–water partition coefficient (Wildman–Crippen LogP) is 3.31. The molecule has 1 fully saturated rings. The van der Waals surface area contributed by atoms with E-state index in [4.69, 9.17) is 15.9 Å². The van der Waals surface area contributed by atoms with Crippen LogP contribution in [0.1, 0.15) is 37.7 Å². The van der Waals surface area contributed by atoms with E-state index in [-0.39, 0.29) is 25.2 Å². The molecule has 0 radical (unpaired) electrons. The summed E-state index contributed by atoms with van der Waals surface area (Å²) in [5, 5.41) is 8.13. The third kappa shape index (κ3) is 4.16. The van der Waals surface area contributed by atoms with Gasteiger partial charge in [0.05, 0.1) is 18.8 Å². The zero-order chi connectivity index (χ0) is 19.6. The molecule has 0 bridgehead atoms. The first kappa shape index (κ1) is 19.4. The Morgan fingerprint density at radius 2 is 1.93 bits per heavy atom. The molecule has 2 aliphatic rings. The van der Waals surface area contributed by atoms with E-state index in [1.54, 1.807) is 6.07 Å². The largest absolute Gasteiger partial charge is 0.416 e.